The Morgan fingerprint density at radius 3 is 2.43 bits per heavy atom. The van der Waals surface area contributed by atoms with Gasteiger partial charge in [-0.25, -0.2) is 4.79 Å². The third kappa shape index (κ3) is 1.89. The molecule has 0 atom stereocenters. The summed E-state index contributed by atoms with van der Waals surface area (Å²) in [6.45, 7) is -0.232. The van der Waals surface area contributed by atoms with Crippen molar-refractivity contribution in [2.24, 2.45) is 5.73 Å². The number of rotatable bonds is 3. The molecule has 1 rings (SSSR count). The topological polar surface area (TPSA) is 106 Å². The van der Waals surface area contributed by atoms with Crippen LogP contribution in [0.1, 0.15) is 20.7 Å². The number of anilines is 1. The van der Waals surface area contributed by atoms with Crippen molar-refractivity contribution in [3.8, 4) is 0 Å². The van der Waals surface area contributed by atoms with Crippen LogP contribution in [-0.4, -0.2) is 23.4 Å². The Kier molecular flexibility index (Phi) is 2.83. The number of hydrogen-bond donors (Lipinski definition) is 3. The van der Waals surface area contributed by atoms with Crippen LogP contribution in [0.15, 0.2) is 18.2 Å². The summed E-state index contributed by atoms with van der Waals surface area (Å²) in [4.78, 5) is 22.0. The van der Waals surface area contributed by atoms with Gasteiger partial charge in [0.25, 0.3) is 0 Å². The molecular weight excluding hydrogens is 184 g/mol. The lowest BCUT2D eigenvalue weighted by Crippen LogP contribution is -2.17. The van der Waals surface area contributed by atoms with E-state index in [1.165, 1.54) is 18.2 Å². The maximum absolute atomic E-state index is 11.2. The summed E-state index contributed by atoms with van der Waals surface area (Å²) < 4.78 is 0. The van der Waals surface area contributed by atoms with Gasteiger partial charge in [0.2, 0.25) is 0 Å². The van der Waals surface area contributed by atoms with Gasteiger partial charge in [0.15, 0.2) is 5.78 Å². The normalized spacial score (nSPS) is 9.79. The number of carboxylic acids is 1. The first kappa shape index (κ1) is 10.2. The molecule has 0 heterocycles. The fraction of sp³-hybridized carbons (Fsp3) is 0.111. The molecule has 5 heteroatoms. The largest absolute Gasteiger partial charge is 0.478 e. The molecule has 0 bridgehead atoms. The fourth-order valence-corrected chi connectivity index (χ4v) is 1.09. The monoisotopic (exact) mass is 194 g/mol. The number of Topliss-reactive ketones (excluding diaryl/α,β-unsaturated/α-hetero) is 1. The van der Waals surface area contributed by atoms with Gasteiger partial charge in [-0.1, -0.05) is 0 Å². The summed E-state index contributed by atoms with van der Waals surface area (Å²) >= 11 is 0. The van der Waals surface area contributed by atoms with E-state index in [-0.39, 0.29) is 17.7 Å². The molecule has 74 valence electrons. The molecule has 0 aliphatic heterocycles. The molecule has 0 fully saturated rings. The van der Waals surface area contributed by atoms with Crippen LogP contribution < -0.4 is 11.5 Å². The molecule has 1 aromatic rings. The van der Waals surface area contributed by atoms with Gasteiger partial charge in [0, 0.05) is 11.3 Å². The predicted octanol–water partition coefficient (Wildman–Crippen LogP) is 0.108. The van der Waals surface area contributed by atoms with Gasteiger partial charge in [-0.15, -0.1) is 0 Å². The number of carbonyl (C=O) groups excluding carboxylic acids is 1. The van der Waals surface area contributed by atoms with Crippen LogP contribution >= 0.6 is 0 Å². The van der Waals surface area contributed by atoms with Gasteiger partial charge in [0.05, 0.1) is 12.1 Å². The number of nitrogens with two attached hydrogens (primary N) is 2. The summed E-state index contributed by atoms with van der Waals surface area (Å²) in [5, 5.41) is 8.77. The molecule has 14 heavy (non-hydrogen) atoms. The van der Waals surface area contributed by atoms with E-state index in [1.54, 1.807) is 0 Å². The lowest BCUT2D eigenvalue weighted by molar-refractivity contribution is 0.0692. The average Bonchev–Trinajstić information content (AvgIpc) is 2.16. The molecule has 5 N–H and O–H groups in total. The molecule has 0 unspecified atom stereocenters. The zero-order valence-corrected chi connectivity index (χ0v) is 7.36. The van der Waals surface area contributed by atoms with Crippen LogP contribution in [-0.2, 0) is 0 Å². The maximum atomic E-state index is 11.2. The number of ketones is 1. The Hall–Kier alpha value is -1.88. The number of aromatic carboxylic acids is 1. The van der Waals surface area contributed by atoms with E-state index in [9.17, 15) is 9.59 Å². The van der Waals surface area contributed by atoms with Crippen LogP contribution in [0.2, 0.25) is 0 Å². The van der Waals surface area contributed by atoms with Crippen LogP contribution in [0.25, 0.3) is 0 Å². The van der Waals surface area contributed by atoms with Gasteiger partial charge in [0.1, 0.15) is 0 Å². The predicted molar refractivity (Wildman–Crippen MR) is 51.2 cm³/mol. The molecule has 5 nitrogen and oxygen atoms in total. The van der Waals surface area contributed by atoms with Gasteiger partial charge >= 0.3 is 5.97 Å². The second-order valence-electron chi connectivity index (χ2n) is 2.74. The first-order valence-corrected chi connectivity index (χ1v) is 3.92. The highest BCUT2D eigenvalue weighted by molar-refractivity contribution is 6.07. The quantitative estimate of drug-likeness (QED) is 0.467. The summed E-state index contributed by atoms with van der Waals surface area (Å²) in [7, 11) is 0. The Bertz CT molecular complexity index is 388. The van der Waals surface area contributed by atoms with Crippen LogP contribution in [0.5, 0.6) is 0 Å². The van der Waals surface area contributed by atoms with Crippen molar-refractivity contribution < 1.29 is 14.7 Å². The number of benzene rings is 1. The Morgan fingerprint density at radius 1 is 1.29 bits per heavy atom. The fourth-order valence-electron chi connectivity index (χ4n) is 1.09. The van der Waals surface area contributed by atoms with Gasteiger partial charge < -0.3 is 16.6 Å². The van der Waals surface area contributed by atoms with E-state index in [1.807, 2.05) is 0 Å². The first-order valence-electron chi connectivity index (χ1n) is 3.92. The molecule has 1 aromatic carbocycles. The summed E-state index contributed by atoms with van der Waals surface area (Å²) in [5.74, 6) is -1.60. The van der Waals surface area contributed by atoms with E-state index in [4.69, 9.17) is 16.6 Å². The van der Waals surface area contributed by atoms with Crippen LogP contribution in [0, 0.1) is 0 Å². The summed E-state index contributed by atoms with van der Waals surface area (Å²) in [6, 6.07) is 4.04. The van der Waals surface area contributed by atoms with E-state index in [0.717, 1.165) is 0 Å². The van der Waals surface area contributed by atoms with E-state index < -0.39 is 11.8 Å². The standard InChI is InChI=1S/C9H10N2O3/c10-4-8(12)7-3-5(11)1-2-6(7)9(13)14/h1-3H,4,10-11H2,(H,13,14). The van der Waals surface area contributed by atoms with Crippen molar-refractivity contribution in [2.75, 3.05) is 12.3 Å². The number of nitrogen functional groups attached to an aromatic ring is 1. The van der Waals surface area contributed by atoms with Gasteiger partial charge in [-0.2, -0.15) is 0 Å². The van der Waals surface area contributed by atoms with Crippen LogP contribution in [0.4, 0.5) is 5.69 Å². The van der Waals surface area contributed by atoms with Crippen molar-refractivity contribution in [2.45, 2.75) is 0 Å². The lowest BCUT2D eigenvalue weighted by Gasteiger charge is -2.04. The minimum absolute atomic E-state index is 0.0556. The number of carbonyl (C=O) groups is 2. The molecule has 0 aliphatic carbocycles. The smallest absolute Gasteiger partial charge is 0.336 e. The molecule has 0 aliphatic rings. The highest BCUT2D eigenvalue weighted by Crippen LogP contribution is 2.14. The second kappa shape index (κ2) is 3.89. The molecule has 0 saturated heterocycles. The van der Waals surface area contributed by atoms with Crippen molar-refractivity contribution in [3.63, 3.8) is 0 Å². The SMILES string of the molecule is NCC(=O)c1cc(N)ccc1C(=O)O. The van der Waals surface area contributed by atoms with Crippen molar-refractivity contribution in [1.29, 1.82) is 0 Å². The Balaban J connectivity index is 3.29. The molecule has 0 amide bonds. The van der Waals surface area contributed by atoms with E-state index >= 15 is 0 Å². The van der Waals surface area contributed by atoms with Crippen molar-refractivity contribution in [3.05, 3.63) is 29.3 Å². The molecule has 0 saturated carbocycles. The zero-order valence-electron chi connectivity index (χ0n) is 7.36. The van der Waals surface area contributed by atoms with Gasteiger partial charge in [-0.05, 0) is 18.2 Å². The average molecular weight is 194 g/mol. The summed E-state index contributed by atoms with van der Waals surface area (Å²) in [5.41, 5.74) is 10.9. The van der Waals surface area contributed by atoms with Crippen LogP contribution in [0.3, 0.4) is 0 Å². The summed E-state index contributed by atoms with van der Waals surface area (Å²) in [6.07, 6.45) is 0. The van der Waals surface area contributed by atoms with Crippen molar-refractivity contribution in [1.82, 2.24) is 0 Å². The number of hydrogen-bond acceptors (Lipinski definition) is 4. The third-order valence-corrected chi connectivity index (χ3v) is 1.76. The first-order chi connectivity index (χ1) is 6.56. The molecule has 0 radical (unpaired) electrons. The maximum Gasteiger partial charge on any atom is 0.336 e. The van der Waals surface area contributed by atoms with E-state index in [2.05, 4.69) is 0 Å². The molecule has 0 spiro atoms. The van der Waals surface area contributed by atoms with Gasteiger partial charge in [-0.3, -0.25) is 4.79 Å². The lowest BCUT2D eigenvalue weighted by atomic mass is 10.0. The molecular formula is C9H10N2O3. The minimum Gasteiger partial charge on any atom is -0.478 e. The number of carboxylic acid groups (broad SMARTS) is 1. The Labute approximate surface area is 80.3 Å². The Morgan fingerprint density at radius 2 is 1.93 bits per heavy atom. The highest BCUT2D eigenvalue weighted by atomic mass is 16.4. The second-order valence-corrected chi connectivity index (χ2v) is 2.74. The molecule has 0 aromatic heterocycles. The zero-order chi connectivity index (χ0) is 10.7. The highest BCUT2D eigenvalue weighted by Gasteiger charge is 2.15. The minimum atomic E-state index is -1.16. The van der Waals surface area contributed by atoms with E-state index in [0.29, 0.717) is 5.69 Å². The van der Waals surface area contributed by atoms with Crippen molar-refractivity contribution >= 4 is 17.4 Å². The third-order valence-electron chi connectivity index (χ3n) is 1.76.